The molecule has 0 saturated heterocycles. The molecule has 0 spiro atoms. The molecule has 0 fully saturated rings. The predicted octanol–water partition coefficient (Wildman–Crippen LogP) is 3.56. The second-order valence-corrected chi connectivity index (χ2v) is 4.31. The van der Waals surface area contributed by atoms with Crippen molar-refractivity contribution in [3.8, 4) is 6.07 Å². The first-order valence-corrected chi connectivity index (χ1v) is 6.23. The number of hydrogen-bond donors (Lipinski definition) is 1. The van der Waals surface area contributed by atoms with Crippen LogP contribution in [0.2, 0.25) is 0 Å². The fourth-order valence-corrected chi connectivity index (χ4v) is 2.01. The van der Waals surface area contributed by atoms with Crippen molar-refractivity contribution in [1.29, 1.82) is 5.26 Å². The Morgan fingerprint density at radius 1 is 1.29 bits per heavy atom. The summed E-state index contributed by atoms with van der Waals surface area (Å²) in [5.41, 5.74) is 2.42. The van der Waals surface area contributed by atoms with Crippen LogP contribution < -0.4 is 0 Å². The van der Waals surface area contributed by atoms with Crippen LogP contribution in [0.1, 0.15) is 44.0 Å². The third-order valence-electron chi connectivity index (χ3n) is 2.95. The lowest BCUT2D eigenvalue weighted by molar-refractivity contribution is 0.656. The Morgan fingerprint density at radius 3 is 2.94 bits per heavy atom. The number of rotatable bonds is 5. The van der Waals surface area contributed by atoms with Gasteiger partial charge in [-0.05, 0) is 18.6 Å². The van der Waals surface area contributed by atoms with Gasteiger partial charge in [0.15, 0.2) is 0 Å². The normalized spacial score (nSPS) is 10.6. The number of nitrogens with zero attached hydrogens (tertiary/aromatic N) is 2. The van der Waals surface area contributed by atoms with Crippen molar-refractivity contribution in [2.24, 2.45) is 0 Å². The molecule has 1 aromatic carbocycles. The molecule has 3 nitrogen and oxygen atoms in total. The summed E-state index contributed by atoms with van der Waals surface area (Å²) in [5, 5.41) is 8.99. The monoisotopic (exact) mass is 227 g/mol. The molecule has 0 unspecified atom stereocenters. The lowest BCUT2D eigenvalue weighted by Gasteiger charge is -1.95. The van der Waals surface area contributed by atoms with Gasteiger partial charge >= 0.3 is 0 Å². The summed E-state index contributed by atoms with van der Waals surface area (Å²) in [7, 11) is 0. The predicted molar refractivity (Wildman–Crippen MR) is 68.7 cm³/mol. The number of imidazole rings is 1. The van der Waals surface area contributed by atoms with Gasteiger partial charge in [0.2, 0.25) is 0 Å². The van der Waals surface area contributed by atoms with Crippen molar-refractivity contribution in [2.75, 3.05) is 0 Å². The molecule has 1 N–H and O–H groups in total. The number of benzene rings is 1. The Kier molecular flexibility index (Phi) is 3.77. The van der Waals surface area contributed by atoms with Crippen molar-refractivity contribution < 1.29 is 0 Å². The average Bonchev–Trinajstić information content (AvgIpc) is 2.77. The summed E-state index contributed by atoms with van der Waals surface area (Å²) in [5.74, 6) is 0.999. The van der Waals surface area contributed by atoms with Crippen LogP contribution in [-0.4, -0.2) is 9.97 Å². The van der Waals surface area contributed by atoms with Gasteiger partial charge in [0.05, 0.1) is 11.1 Å². The topological polar surface area (TPSA) is 52.5 Å². The van der Waals surface area contributed by atoms with E-state index in [-0.39, 0.29) is 0 Å². The third kappa shape index (κ3) is 2.65. The molecule has 0 aliphatic carbocycles. The zero-order valence-electron chi connectivity index (χ0n) is 10.2. The molecule has 2 rings (SSSR count). The van der Waals surface area contributed by atoms with Crippen LogP contribution in [0, 0.1) is 11.3 Å². The maximum atomic E-state index is 8.99. The van der Waals surface area contributed by atoms with Gasteiger partial charge in [0.1, 0.15) is 17.4 Å². The second kappa shape index (κ2) is 5.49. The number of aromatic amines is 1. The summed E-state index contributed by atoms with van der Waals surface area (Å²) in [6.45, 7) is 2.21. The molecule has 2 aromatic rings. The number of aryl methyl sites for hydroxylation is 1. The highest BCUT2D eigenvalue weighted by Crippen LogP contribution is 2.16. The quantitative estimate of drug-likeness (QED) is 0.794. The van der Waals surface area contributed by atoms with Crippen molar-refractivity contribution in [3.05, 3.63) is 29.6 Å². The number of fused-ring (bicyclic) bond motifs is 1. The Bertz CT molecular complexity index is 534. The van der Waals surface area contributed by atoms with E-state index < -0.39 is 0 Å². The van der Waals surface area contributed by atoms with Crippen molar-refractivity contribution in [2.45, 2.75) is 39.0 Å². The van der Waals surface area contributed by atoms with E-state index in [1.165, 1.54) is 19.3 Å². The standard InChI is InChI=1S/C14H17N3/c1-2-3-4-5-9-13-16-12-8-6-7-11(10-15)14(12)17-13/h6-8H,2-5,9H2,1H3,(H,16,17). The second-order valence-electron chi connectivity index (χ2n) is 4.31. The summed E-state index contributed by atoms with van der Waals surface area (Å²) in [6.07, 6.45) is 5.91. The van der Waals surface area contributed by atoms with Gasteiger partial charge in [0, 0.05) is 6.42 Å². The first-order chi connectivity index (χ1) is 8.35. The van der Waals surface area contributed by atoms with Crippen LogP contribution in [0.4, 0.5) is 0 Å². The molecule has 0 bridgehead atoms. The SMILES string of the molecule is CCCCCCc1nc2c(C#N)cccc2[nH]1. The van der Waals surface area contributed by atoms with Gasteiger partial charge in [-0.25, -0.2) is 4.98 Å². The fourth-order valence-electron chi connectivity index (χ4n) is 2.01. The van der Waals surface area contributed by atoms with Crippen LogP contribution >= 0.6 is 0 Å². The van der Waals surface area contributed by atoms with Gasteiger partial charge in [-0.1, -0.05) is 32.3 Å². The largest absolute Gasteiger partial charge is 0.342 e. The molecule has 0 radical (unpaired) electrons. The van der Waals surface area contributed by atoms with E-state index in [0.29, 0.717) is 5.56 Å². The number of unbranched alkanes of at least 4 members (excludes halogenated alkanes) is 3. The zero-order valence-corrected chi connectivity index (χ0v) is 10.2. The first-order valence-electron chi connectivity index (χ1n) is 6.23. The van der Waals surface area contributed by atoms with Crippen LogP contribution in [-0.2, 0) is 6.42 Å². The Hall–Kier alpha value is -1.82. The third-order valence-corrected chi connectivity index (χ3v) is 2.95. The van der Waals surface area contributed by atoms with E-state index in [9.17, 15) is 0 Å². The van der Waals surface area contributed by atoms with Gasteiger partial charge in [-0.2, -0.15) is 5.26 Å². The number of para-hydroxylation sites is 1. The molecule has 0 aliphatic rings. The Morgan fingerprint density at radius 2 is 2.18 bits per heavy atom. The van der Waals surface area contributed by atoms with Gasteiger partial charge in [-0.15, -0.1) is 0 Å². The average molecular weight is 227 g/mol. The van der Waals surface area contributed by atoms with Crippen LogP contribution in [0.25, 0.3) is 11.0 Å². The minimum atomic E-state index is 0.651. The lowest BCUT2D eigenvalue weighted by Crippen LogP contribution is -1.88. The molecular formula is C14H17N3. The summed E-state index contributed by atoms with van der Waals surface area (Å²) in [6, 6.07) is 7.85. The van der Waals surface area contributed by atoms with E-state index >= 15 is 0 Å². The summed E-state index contributed by atoms with van der Waals surface area (Å²) in [4.78, 5) is 7.79. The maximum absolute atomic E-state index is 8.99. The van der Waals surface area contributed by atoms with Crippen molar-refractivity contribution in [3.63, 3.8) is 0 Å². The highest BCUT2D eigenvalue weighted by Gasteiger charge is 2.06. The molecule has 17 heavy (non-hydrogen) atoms. The molecule has 1 aromatic heterocycles. The lowest BCUT2D eigenvalue weighted by atomic mass is 10.1. The number of nitriles is 1. The molecule has 0 atom stereocenters. The van der Waals surface area contributed by atoms with Gasteiger partial charge < -0.3 is 4.98 Å². The molecule has 1 heterocycles. The molecule has 0 aliphatic heterocycles. The number of nitrogens with one attached hydrogen (secondary N) is 1. The Balaban J connectivity index is 2.12. The molecular weight excluding hydrogens is 210 g/mol. The minimum absolute atomic E-state index is 0.651. The van der Waals surface area contributed by atoms with Crippen LogP contribution in [0.5, 0.6) is 0 Å². The highest BCUT2D eigenvalue weighted by molar-refractivity contribution is 5.81. The summed E-state index contributed by atoms with van der Waals surface area (Å²) < 4.78 is 0. The zero-order chi connectivity index (χ0) is 12.1. The Labute approximate surface area is 101 Å². The molecule has 0 amide bonds. The first kappa shape index (κ1) is 11.7. The minimum Gasteiger partial charge on any atom is -0.342 e. The van der Waals surface area contributed by atoms with Crippen molar-refractivity contribution >= 4 is 11.0 Å². The highest BCUT2D eigenvalue weighted by atomic mass is 14.9. The van der Waals surface area contributed by atoms with E-state index in [2.05, 4.69) is 23.0 Å². The molecule has 3 heteroatoms. The number of aromatic nitrogens is 2. The van der Waals surface area contributed by atoms with E-state index in [1.807, 2.05) is 18.2 Å². The smallest absolute Gasteiger partial charge is 0.107 e. The van der Waals surface area contributed by atoms with Gasteiger partial charge in [-0.3, -0.25) is 0 Å². The maximum Gasteiger partial charge on any atom is 0.107 e. The molecule has 88 valence electrons. The van der Waals surface area contributed by atoms with E-state index in [4.69, 9.17) is 5.26 Å². The van der Waals surface area contributed by atoms with E-state index in [0.717, 1.165) is 29.7 Å². The van der Waals surface area contributed by atoms with E-state index in [1.54, 1.807) is 0 Å². The summed E-state index contributed by atoms with van der Waals surface area (Å²) >= 11 is 0. The van der Waals surface area contributed by atoms with Crippen LogP contribution in [0.15, 0.2) is 18.2 Å². The van der Waals surface area contributed by atoms with Crippen molar-refractivity contribution in [1.82, 2.24) is 9.97 Å². The molecule has 0 saturated carbocycles. The number of hydrogen-bond acceptors (Lipinski definition) is 2. The number of H-pyrrole nitrogens is 1. The van der Waals surface area contributed by atoms with Crippen LogP contribution in [0.3, 0.4) is 0 Å². The fraction of sp³-hybridized carbons (Fsp3) is 0.429. The van der Waals surface area contributed by atoms with Gasteiger partial charge in [0.25, 0.3) is 0 Å².